The molecule has 1 N–H and O–H groups in total. The van der Waals surface area contributed by atoms with E-state index in [4.69, 9.17) is 9.57 Å². The fourth-order valence-corrected chi connectivity index (χ4v) is 3.06. The Morgan fingerprint density at radius 3 is 3.12 bits per heavy atom. The Bertz CT molecular complexity index is 774. The zero-order chi connectivity index (χ0) is 17.1. The Morgan fingerprint density at radius 1 is 1.50 bits per heavy atom. The highest BCUT2D eigenvalue weighted by molar-refractivity contribution is 7.09. The fourth-order valence-electron chi connectivity index (χ4n) is 2.30. The van der Waals surface area contributed by atoms with E-state index in [1.165, 1.54) is 11.3 Å². The number of benzene rings is 1. The minimum atomic E-state index is -0.399. The first kappa shape index (κ1) is 16.4. The number of thiazole rings is 1. The average molecular weight is 347 g/mol. The Hall–Kier alpha value is -2.45. The smallest absolute Gasteiger partial charge is 0.294 e. The number of carbonyl (C=O) groups excluding carboxylic acids is 2. The van der Waals surface area contributed by atoms with Crippen LogP contribution in [0.25, 0.3) is 0 Å². The molecule has 0 saturated heterocycles. The number of hydroxylamine groups is 1. The summed E-state index contributed by atoms with van der Waals surface area (Å²) >= 11 is 1.32. The summed E-state index contributed by atoms with van der Waals surface area (Å²) in [5.41, 5.74) is 4.35. The molecule has 0 spiro atoms. The molecule has 126 valence electrons. The van der Waals surface area contributed by atoms with Gasteiger partial charge < -0.3 is 4.74 Å². The van der Waals surface area contributed by atoms with Crippen LogP contribution in [0.1, 0.15) is 28.0 Å². The molecule has 0 aliphatic carbocycles. The summed E-state index contributed by atoms with van der Waals surface area (Å²) in [6.45, 7) is 4.41. The predicted octanol–water partition coefficient (Wildman–Crippen LogP) is 2.06. The summed E-state index contributed by atoms with van der Waals surface area (Å²) < 4.78 is 5.48. The fraction of sp³-hybridized carbons (Fsp3) is 0.312. The van der Waals surface area contributed by atoms with Crippen LogP contribution in [-0.4, -0.2) is 30.0 Å². The second-order valence-electron chi connectivity index (χ2n) is 5.23. The van der Waals surface area contributed by atoms with Gasteiger partial charge in [-0.2, -0.15) is 0 Å². The van der Waals surface area contributed by atoms with E-state index in [0.29, 0.717) is 29.6 Å². The summed E-state index contributed by atoms with van der Waals surface area (Å²) in [6, 6.07) is 5.69. The third-order valence-corrected chi connectivity index (χ3v) is 4.28. The van der Waals surface area contributed by atoms with Gasteiger partial charge in [-0.15, -0.1) is 11.3 Å². The van der Waals surface area contributed by atoms with Crippen molar-refractivity contribution in [1.29, 1.82) is 0 Å². The van der Waals surface area contributed by atoms with Crippen LogP contribution >= 0.6 is 11.3 Å². The lowest BCUT2D eigenvalue weighted by atomic mass is 10.1. The summed E-state index contributed by atoms with van der Waals surface area (Å²) in [4.78, 5) is 34.8. The largest absolute Gasteiger partial charge is 0.482 e. The number of hydrogen-bond donors (Lipinski definition) is 1. The number of aryl methyl sites for hydroxylation is 1. The van der Waals surface area contributed by atoms with Crippen molar-refractivity contribution in [2.24, 2.45) is 0 Å². The number of aromatic nitrogens is 1. The number of anilines is 1. The number of amides is 2. The molecule has 24 heavy (non-hydrogen) atoms. The van der Waals surface area contributed by atoms with E-state index in [1.54, 1.807) is 17.2 Å². The molecule has 7 nitrogen and oxygen atoms in total. The van der Waals surface area contributed by atoms with Crippen molar-refractivity contribution in [3.8, 4) is 5.75 Å². The average Bonchev–Trinajstić information content (AvgIpc) is 3.04. The lowest BCUT2D eigenvalue weighted by molar-refractivity contribution is -0.121. The predicted molar refractivity (Wildman–Crippen MR) is 89.1 cm³/mol. The molecule has 1 aromatic heterocycles. The number of carbonyl (C=O) groups is 2. The molecule has 0 saturated carbocycles. The number of hydrogen-bond acceptors (Lipinski definition) is 6. The van der Waals surface area contributed by atoms with Gasteiger partial charge in [0, 0.05) is 5.38 Å². The maximum Gasteiger partial charge on any atom is 0.294 e. The van der Waals surface area contributed by atoms with Crippen LogP contribution in [0, 0.1) is 6.92 Å². The number of fused-ring (bicyclic) bond motifs is 1. The topological polar surface area (TPSA) is 80.8 Å². The van der Waals surface area contributed by atoms with Gasteiger partial charge in [-0.05, 0) is 31.5 Å². The third-order valence-electron chi connectivity index (χ3n) is 3.45. The second-order valence-corrected chi connectivity index (χ2v) is 6.17. The molecule has 1 aromatic carbocycles. The molecule has 0 radical (unpaired) electrons. The summed E-state index contributed by atoms with van der Waals surface area (Å²) in [6.07, 6.45) is 0. The highest BCUT2D eigenvalue weighted by Crippen LogP contribution is 2.34. The van der Waals surface area contributed by atoms with Crippen LogP contribution < -0.4 is 15.1 Å². The van der Waals surface area contributed by atoms with E-state index in [9.17, 15) is 9.59 Å². The molecule has 0 bridgehead atoms. The maximum atomic E-state index is 12.2. The van der Waals surface area contributed by atoms with Gasteiger partial charge in [-0.1, -0.05) is 6.07 Å². The third kappa shape index (κ3) is 3.39. The Morgan fingerprint density at radius 2 is 2.33 bits per heavy atom. The molecular formula is C16H17N3O4S. The van der Waals surface area contributed by atoms with E-state index in [1.807, 2.05) is 25.1 Å². The van der Waals surface area contributed by atoms with Crippen LogP contribution in [0.2, 0.25) is 0 Å². The normalized spacial score (nSPS) is 13.4. The molecule has 2 amide bonds. The minimum absolute atomic E-state index is 0.000484. The first-order valence-electron chi connectivity index (χ1n) is 7.49. The molecule has 0 atom stereocenters. The lowest BCUT2D eigenvalue weighted by Gasteiger charge is -2.28. The second kappa shape index (κ2) is 6.98. The lowest BCUT2D eigenvalue weighted by Crippen LogP contribution is -2.38. The van der Waals surface area contributed by atoms with Gasteiger partial charge in [0.15, 0.2) is 6.61 Å². The summed E-state index contributed by atoms with van der Waals surface area (Å²) in [7, 11) is 0. The minimum Gasteiger partial charge on any atom is -0.482 e. The summed E-state index contributed by atoms with van der Waals surface area (Å²) in [5.74, 6) is 0.144. The Labute approximate surface area is 143 Å². The molecule has 0 unspecified atom stereocenters. The molecule has 2 heterocycles. The molecule has 1 aliphatic heterocycles. The highest BCUT2D eigenvalue weighted by Gasteiger charge is 2.26. The van der Waals surface area contributed by atoms with E-state index < -0.39 is 5.91 Å². The van der Waals surface area contributed by atoms with Crippen molar-refractivity contribution in [1.82, 2.24) is 10.5 Å². The number of ether oxygens (including phenoxy) is 1. The van der Waals surface area contributed by atoms with Gasteiger partial charge in [0.1, 0.15) is 16.5 Å². The summed E-state index contributed by atoms with van der Waals surface area (Å²) in [5, 5.41) is 2.31. The van der Waals surface area contributed by atoms with Crippen molar-refractivity contribution in [3.05, 3.63) is 39.8 Å². The van der Waals surface area contributed by atoms with Gasteiger partial charge >= 0.3 is 0 Å². The van der Waals surface area contributed by atoms with Crippen LogP contribution in [-0.2, 0) is 16.2 Å². The van der Waals surface area contributed by atoms with Crippen LogP contribution in [0.15, 0.2) is 23.6 Å². The monoisotopic (exact) mass is 347 g/mol. The van der Waals surface area contributed by atoms with E-state index in [-0.39, 0.29) is 18.2 Å². The van der Waals surface area contributed by atoms with E-state index in [2.05, 4.69) is 10.5 Å². The van der Waals surface area contributed by atoms with Gasteiger partial charge in [-0.25, -0.2) is 10.5 Å². The Balaban J connectivity index is 1.78. The zero-order valence-electron chi connectivity index (χ0n) is 13.4. The van der Waals surface area contributed by atoms with Gasteiger partial charge in [0.2, 0.25) is 0 Å². The standard InChI is InChI=1S/C16H17N3O4S/c1-3-23-18-16(21)11-9-24-14(17-11)7-19-12-5-4-10(2)6-13(12)22-8-15(19)20/h4-6,9H,3,7-8H2,1-2H3,(H,18,21). The molecule has 3 rings (SSSR count). The van der Waals surface area contributed by atoms with Crippen molar-refractivity contribution in [2.75, 3.05) is 18.1 Å². The van der Waals surface area contributed by atoms with Crippen LogP contribution in [0.3, 0.4) is 0 Å². The Kier molecular flexibility index (Phi) is 4.77. The zero-order valence-corrected chi connectivity index (χ0v) is 14.2. The molecule has 2 aromatic rings. The maximum absolute atomic E-state index is 12.2. The van der Waals surface area contributed by atoms with Crippen molar-refractivity contribution < 1.29 is 19.2 Å². The molecule has 0 fully saturated rings. The van der Waals surface area contributed by atoms with Crippen molar-refractivity contribution in [3.63, 3.8) is 0 Å². The van der Waals surface area contributed by atoms with Gasteiger partial charge in [0.25, 0.3) is 11.8 Å². The van der Waals surface area contributed by atoms with E-state index in [0.717, 1.165) is 5.56 Å². The number of nitrogens with one attached hydrogen (secondary N) is 1. The van der Waals surface area contributed by atoms with E-state index >= 15 is 0 Å². The van der Waals surface area contributed by atoms with Gasteiger partial charge in [0.05, 0.1) is 18.8 Å². The first-order chi connectivity index (χ1) is 11.6. The number of nitrogens with zero attached hydrogens (tertiary/aromatic N) is 2. The quantitative estimate of drug-likeness (QED) is 0.838. The molecule has 1 aliphatic rings. The number of rotatable bonds is 5. The van der Waals surface area contributed by atoms with Crippen molar-refractivity contribution in [2.45, 2.75) is 20.4 Å². The SMILES string of the molecule is CCONC(=O)c1csc(CN2C(=O)COc3cc(C)ccc32)n1. The van der Waals surface area contributed by atoms with Gasteiger partial charge in [-0.3, -0.25) is 19.3 Å². The highest BCUT2D eigenvalue weighted by atomic mass is 32.1. The first-order valence-corrected chi connectivity index (χ1v) is 8.36. The molecule has 8 heteroatoms. The molecular weight excluding hydrogens is 330 g/mol. The van der Waals surface area contributed by atoms with Crippen molar-refractivity contribution >= 4 is 28.8 Å². The van der Waals surface area contributed by atoms with Crippen LogP contribution in [0.4, 0.5) is 5.69 Å². The van der Waals surface area contributed by atoms with Crippen LogP contribution in [0.5, 0.6) is 5.75 Å².